The highest BCUT2D eigenvalue weighted by atomic mass is 19.1. The molecule has 0 amide bonds. The third-order valence-electron chi connectivity index (χ3n) is 3.17. The number of rotatable bonds is 6. The van der Waals surface area contributed by atoms with E-state index in [9.17, 15) is 4.39 Å². The lowest BCUT2D eigenvalue weighted by atomic mass is 9.98. The van der Waals surface area contributed by atoms with Crippen LogP contribution in [0.2, 0.25) is 0 Å². The van der Waals surface area contributed by atoms with E-state index in [1.165, 1.54) is 12.1 Å². The van der Waals surface area contributed by atoms with Crippen molar-refractivity contribution >= 4 is 0 Å². The smallest absolute Gasteiger partial charge is 0.123 e. The van der Waals surface area contributed by atoms with E-state index in [4.69, 9.17) is 4.74 Å². The van der Waals surface area contributed by atoms with Crippen LogP contribution in [0, 0.1) is 5.82 Å². The predicted molar refractivity (Wildman–Crippen MR) is 84.1 cm³/mol. The lowest BCUT2D eigenvalue weighted by Gasteiger charge is -2.20. The molecule has 1 atom stereocenters. The van der Waals surface area contributed by atoms with Gasteiger partial charge in [-0.2, -0.15) is 0 Å². The lowest BCUT2D eigenvalue weighted by Crippen LogP contribution is -2.22. The summed E-state index contributed by atoms with van der Waals surface area (Å²) in [4.78, 5) is 0. The molecule has 3 heteroatoms. The summed E-state index contributed by atoms with van der Waals surface area (Å²) in [6.45, 7) is 6.91. The first kappa shape index (κ1) is 15.5. The molecule has 0 aliphatic carbocycles. The number of hydrogen-bond acceptors (Lipinski definition) is 2. The summed E-state index contributed by atoms with van der Waals surface area (Å²) in [6.07, 6.45) is 0.142. The van der Waals surface area contributed by atoms with Gasteiger partial charge < -0.3 is 10.1 Å². The van der Waals surface area contributed by atoms with E-state index in [1.54, 1.807) is 0 Å². The van der Waals surface area contributed by atoms with Crippen molar-refractivity contribution in [2.45, 2.75) is 32.9 Å². The first-order valence-corrected chi connectivity index (χ1v) is 7.35. The van der Waals surface area contributed by atoms with E-state index in [0.29, 0.717) is 0 Å². The Balaban J connectivity index is 2.31. The molecule has 0 fully saturated rings. The first-order chi connectivity index (χ1) is 10.1. The van der Waals surface area contributed by atoms with E-state index in [2.05, 4.69) is 18.3 Å². The maximum atomic E-state index is 13.1. The van der Waals surface area contributed by atoms with Crippen LogP contribution in [0.3, 0.4) is 0 Å². The number of halogens is 1. The van der Waals surface area contributed by atoms with Gasteiger partial charge in [0.1, 0.15) is 11.6 Å². The van der Waals surface area contributed by atoms with Crippen LogP contribution in [0.1, 0.15) is 37.9 Å². The van der Waals surface area contributed by atoms with Crippen molar-refractivity contribution in [3.8, 4) is 5.75 Å². The standard InChI is InChI=1S/C18H22FNO/c1-4-20-18(14-8-10-16(19)11-9-14)15-6-5-7-17(12-15)21-13(2)3/h5-13,18,20H,4H2,1-3H3. The number of nitrogens with one attached hydrogen (secondary N) is 1. The zero-order valence-electron chi connectivity index (χ0n) is 12.8. The second-order valence-electron chi connectivity index (χ2n) is 5.28. The molecule has 0 aliphatic rings. The fourth-order valence-corrected chi connectivity index (χ4v) is 2.33. The molecule has 2 rings (SSSR count). The van der Waals surface area contributed by atoms with Gasteiger partial charge >= 0.3 is 0 Å². The second-order valence-corrected chi connectivity index (χ2v) is 5.28. The van der Waals surface area contributed by atoms with Crippen molar-refractivity contribution in [3.05, 3.63) is 65.5 Å². The average Bonchev–Trinajstić information content (AvgIpc) is 2.45. The molecular weight excluding hydrogens is 265 g/mol. The van der Waals surface area contributed by atoms with Gasteiger partial charge in [0, 0.05) is 0 Å². The molecule has 0 saturated carbocycles. The molecule has 0 heterocycles. The molecule has 2 aromatic rings. The molecule has 21 heavy (non-hydrogen) atoms. The van der Waals surface area contributed by atoms with Gasteiger partial charge in [0.15, 0.2) is 0 Å². The minimum atomic E-state index is -0.217. The molecular formula is C18H22FNO. The van der Waals surface area contributed by atoms with Crippen LogP contribution in [-0.4, -0.2) is 12.6 Å². The SMILES string of the molecule is CCNC(c1ccc(F)cc1)c1cccc(OC(C)C)c1. The Morgan fingerprint density at radius 3 is 2.38 bits per heavy atom. The monoisotopic (exact) mass is 287 g/mol. The summed E-state index contributed by atoms with van der Waals surface area (Å²) < 4.78 is 18.9. The molecule has 0 spiro atoms. The average molecular weight is 287 g/mol. The Morgan fingerprint density at radius 2 is 1.76 bits per heavy atom. The third kappa shape index (κ3) is 4.30. The molecule has 1 unspecified atom stereocenters. The van der Waals surface area contributed by atoms with Crippen molar-refractivity contribution in [1.29, 1.82) is 0 Å². The third-order valence-corrected chi connectivity index (χ3v) is 3.17. The molecule has 0 radical (unpaired) electrons. The zero-order chi connectivity index (χ0) is 15.2. The fraction of sp³-hybridized carbons (Fsp3) is 0.333. The van der Waals surface area contributed by atoms with Crippen molar-refractivity contribution in [3.63, 3.8) is 0 Å². The Kier molecular flexibility index (Phi) is 5.34. The van der Waals surface area contributed by atoms with Crippen LogP contribution in [0.25, 0.3) is 0 Å². The number of benzene rings is 2. The normalized spacial score (nSPS) is 12.4. The highest BCUT2D eigenvalue weighted by molar-refractivity contribution is 5.36. The van der Waals surface area contributed by atoms with Crippen LogP contribution in [0.4, 0.5) is 4.39 Å². The molecule has 0 saturated heterocycles. The highest BCUT2D eigenvalue weighted by Gasteiger charge is 2.14. The molecule has 112 valence electrons. The van der Waals surface area contributed by atoms with Gasteiger partial charge in [0.25, 0.3) is 0 Å². The summed E-state index contributed by atoms with van der Waals surface area (Å²) in [5, 5.41) is 3.44. The Labute approximate surface area is 126 Å². The largest absolute Gasteiger partial charge is 0.491 e. The Morgan fingerprint density at radius 1 is 1.05 bits per heavy atom. The zero-order valence-corrected chi connectivity index (χ0v) is 12.8. The van der Waals surface area contributed by atoms with Crippen molar-refractivity contribution in [2.24, 2.45) is 0 Å². The van der Waals surface area contributed by atoms with Crippen molar-refractivity contribution < 1.29 is 9.13 Å². The van der Waals surface area contributed by atoms with Crippen LogP contribution in [0.5, 0.6) is 5.75 Å². The van der Waals surface area contributed by atoms with E-state index < -0.39 is 0 Å². The van der Waals surface area contributed by atoms with Crippen molar-refractivity contribution in [2.75, 3.05) is 6.54 Å². The molecule has 2 nitrogen and oxygen atoms in total. The Hall–Kier alpha value is -1.87. The predicted octanol–water partition coefficient (Wildman–Crippen LogP) is 4.31. The molecule has 0 aromatic heterocycles. The van der Waals surface area contributed by atoms with E-state index >= 15 is 0 Å². The minimum Gasteiger partial charge on any atom is -0.491 e. The summed E-state index contributed by atoms with van der Waals surface area (Å²) in [5.41, 5.74) is 2.15. The number of hydrogen-bond donors (Lipinski definition) is 1. The van der Waals surface area contributed by atoms with Crippen LogP contribution in [-0.2, 0) is 0 Å². The topological polar surface area (TPSA) is 21.3 Å². The quantitative estimate of drug-likeness (QED) is 0.854. The van der Waals surface area contributed by atoms with Gasteiger partial charge in [-0.3, -0.25) is 0 Å². The summed E-state index contributed by atoms with van der Waals surface area (Å²) in [7, 11) is 0. The summed E-state index contributed by atoms with van der Waals surface area (Å²) >= 11 is 0. The number of ether oxygens (including phenoxy) is 1. The highest BCUT2D eigenvalue weighted by Crippen LogP contribution is 2.26. The van der Waals surface area contributed by atoms with Gasteiger partial charge in [-0.25, -0.2) is 4.39 Å². The van der Waals surface area contributed by atoms with Gasteiger partial charge in [-0.15, -0.1) is 0 Å². The van der Waals surface area contributed by atoms with E-state index in [1.807, 2.05) is 44.2 Å². The second kappa shape index (κ2) is 7.23. The van der Waals surface area contributed by atoms with Crippen LogP contribution in [0.15, 0.2) is 48.5 Å². The van der Waals surface area contributed by atoms with Gasteiger partial charge in [0.2, 0.25) is 0 Å². The van der Waals surface area contributed by atoms with E-state index in [0.717, 1.165) is 23.4 Å². The first-order valence-electron chi connectivity index (χ1n) is 7.35. The van der Waals surface area contributed by atoms with Gasteiger partial charge in [-0.05, 0) is 55.8 Å². The van der Waals surface area contributed by atoms with Crippen molar-refractivity contribution in [1.82, 2.24) is 5.32 Å². The molecule has 1 N–H and O–H groups in total. The lowest BCUT2D eigenvalue weighted by molar-refractivity contribution is 0.242. The minimum absolute atomic E-state index is 0.0336. The van der Waals surface area contributed by atoms with E-state index in [-0.39, 0.29) is 18.0 Å². The van der Waals surface area contributed by atoms with Crippen LogP contribution < -0.4 is 10.1 Å². The fourth-order valence-electron chi connectivity index (χ4n) is 2.33. The maximum absolute atomic E-state index is 13.1. The molecule has 0 bridgehead atoms. The van der Waals surface area contributed by atoms with Gasteiger partial charge in [-0.1, -0.05) is 31.2 Å². The molecule has 2 aromatic carbocycles. The summed E-state index contributed by atoms with van der Waals surface area (Å²) in [5.74, 6) is 0.637. The Bertz CT molecular complexity index is 566. The molecule has 0 aliphatic heterocycles. The van der Waals surface area contributed by atoms with Crippen LogP contribution >= 0.6 is 0 Å². The van der Waals surface area contributed by atoms with Gasteiger partial charge in [0.05, 0.1) is 12.1 Å². The maximum Gasteiger partial charge on any atom is 0.123 e. The summed E-state index contributed by atoms with van der Waals surface area (Å²) in [6, 6.07) is 14.7.